The molecule has 0 aliphatic carbocycles. The van der Waals surface area contributed by atoms with Crippen molar-refractivity contribution >= 4 is 10.0 Å². The molecule has 3 N–H and O–H groups in total. The molecule has 1 aromatic rings. The number of sulfonamides is 1. The predicted molar refractivity (Wildman–Crippen MR) is 71.1 cm³/mol. The zero-order valence-corrected chi connectivity index (χ0v) is 11.5. The summed E-state index contributed by atoms with van der Waals surface area (Å²) in [4.78, 5) is 3.71. The molecule has 1 aromatic heterocycles. The van der Waals surface area contributed by atoms with Gasteiger partial charge in [0, 0.05) is 31.0 Å². The Balaban J connectivity index is 3.13. The lowest BCUT2D eigenvalue weighted by Gasteiger charge is -2.20. The highest BCUT2D eigenvalue weighted by Gasteiger charge is 2.24. The maximum Gasteiger partial charge on any atom is 0.244 e. The molecule has 0 saturated heterocycles. The van der Waals surface area contributed by atoms with Gasteiger partial charge in [0.05, 0.1) is 13.2 Å². The summed E-state index contributed by atoms with van der Waals surface area (Å²) < 4.78 is 25.6. The molecule has 7 nitrogen and oxygen atoms in total. The van der Waals surface area contributed by atoms with Crippen LogP contribution in [-0.2, 0) is 10.0 Å². The van der Waals surface area contributed by atoms with Crippen LogP contribution < -0.4 is 0 Å². The molecule has 0 atom stereocenters. The van der Waals surface area contributed by atoms with Crippen molar-refractivity contribution in [1.29, 1.82) is 0 Å². The molecule has 110 valence electrons. The summed E-state index contributed by atoms with van der Waals surface area (Å²) in [5, 5.41) is 26.4. The summed E-state index contributed by atoms with van der Waals surface area (Å²) in [5.41, 5.74) is 0.355. The standard InChI is InChI=1S/C12H16N2O5S/c15-5-1-2-11-8-12(10-13-9-11)20(18,19)14(3-6-16)4-7-17/h8-10,15-17H,3-7H2. The Hall–Kier alpha value is -1.50. The molecule has 0 amide bonds. The van der Waals surface area contributed by atoms with Gasteiger partial charge < -0.3 is 15.3 Å². The third kappa shape index (κ3) is 4.26. The van der Waals surface area contributed by atoms with E-state index in [1.54, 1.807) is 0 Å². The molecule has 0 bridgehead atoms. The molecule has 20 heavy (non-hydrogen) atoms. The van der Waals surface area contributed by atoms with Gasteiger partial charge in [-0.2, -0.15) is 4.31 Å². The Bertz CT molecular complexity index is 585. The third-order valence-corrected chi connectivity index (χ3v) is 4.23. The number of nitrogens with zero attached hydrogens (tertiary/aromatic N) is 2. The summed E-state index contributed by atoms with van der Waals surface area (Å²) in [7, 11) is -3.85. The van der Waals surface area contributed by atoms with Crippen molar-refractivity contribution in [2.24, 2.45) is 0 Å². The normalized spacial score (nSPS) is 11.2. The van der Waals surface area contributed by atoms with Crippen LogP contribution in [0.2, 0.25) is 0 Å². The Labute approximate surface area is 117 Å². The van der Waals surface area contributed by atoms with Gasteiger partial charge in [-0.25, -0.2) is 8.42 Å². The molecular formula is C12H16N2O5S. The second kappa shape index (κ2) is 7.94. The number of pyridine rings is 1. The van der Waals surface area contributed by atoms with E-state index in [1.807, 2.05) is 0 Å². The number of rotatable bonds is 6. The van der Waals surface area contributed by atoms with Crippen molar-refractivity contribution < 1.29 is 23.7 Å². The predicted octanol–water partition coefficient (Wildman–Crippen LogP) is -1.60. The average molecular weight is 300 g/mol. The quantitative estimate of drug-likeness (QED) is 0.546. The van der Waals surface area contributed by atoms with Gasteiger partial charge in [-0.3, -0.25) is 4.98 Å². The summed E-state index contributed by atoms with van der Waals surface area (Å²) in [6, 6.07) is 1.33. The minimum absolute atomic E-state index is 0.0795. The molecule has 0 aromatic carbocycles. The Kier molecular flexibility index (Phi) is 6.57. The molecule has 0 aliphatic rings. The maximum absolute atomic E-state index is 12.3. The highest BCUT2D eigenvalue weighted by Crippen LogP contribution is 2.15. The highest BCUT2D eigenvalue weighted by molar-refractivity contribution is 7.89. The van der Waals surface area contributed by atoms with Gasteiger partial charge in [-0.1, -0.05) is 11.8 Å². The zero-order valence-electron chi connectivity index (χ0n) is 10.7. The first-order valence-corrected chi connectivity index (χ1v) is 7.27. The van der Waals surface area contributed by atoms with E-state index in [0.717, 1.165) is 4.31 Å². The molecule has 0 aliphatic heterocycles. The molecule has 1 rings (SSSR count). The fourth-order valence-corrected chi connectivity index (χ4v) is 2.91. The fourth-order valence-electron chi connectivity index (χ4n) is 1.49. The van der Waals surface area contributed by atoms with Crippen LogP contribution in [0, 0.1) is 11.8 Å². The molecular weight excluding hydrogens is 284 g/mol. The lowest BCUT2D eigenvalue weighted by molar-refractivity contribution is 0.217. The van der Waals surface area contributed by atoms with Gasteiger partial charge >= 0.3 is 0 Å². The van der Waals surface area contributed by atoms with E-state index in [0.29, 0.717) is 5.56 Å². The van der Waals surface area contributed by atoms with E-state index in [4.69, 9.17) is 15.3 Å². The Morgan fingerprint density at radius 3 is 2.35 bits per heavy atom. The minimum Gasteiger partial charge on any atom is -0.395 e. The first kappa shape index (κ1) is 16.6. The Morgan fingerprint density at radius 1 is 1.15 bits per heavy atom. The van der Waals surface area contributed by atoms with Crippen LogP contribution in [-0.4, -0.2) is 65.9 Å². The van der Waals surface area contributed by atoms with Gasteiger partial charge in [-0.15, -0.1) is 0 Å². The van der Waals surface area contributed by atoms with E-state index in [-0.39, 0.29) is 37.8 Å². The van der Waals surface area contributed by atoms with Gasteiger partial charge in [-0.05, 0) is 6.07 Å². The zero-order chi connectivity index (χ0) is 15.0. The largest absolute Gasteiger partial charge is 0.395 e. The summed E-state index contributed by atoms with van der Waals surface area (Å²) >= 11 is 0. The van der Waals surface area contributed by atoms with Crippen LogP contribution in [0.15, 0.2) is 23.4 Å². The second-order valence-corrected chi connectivity index (χ2v) is 5.66. The first-order chi connectivity index (χ1) is 9.56. The van der Waals surface area contributed by atoms with E-state index in [2.05, 4.69) is 16.8 Å². The third-order valence-electron chi connectivity index (χ3n) is 2.36. The van der Waals surface area contributed by atoms with E-state index in [1.165, 1.54) is 18.5 Å². The second-order valence-electron chi connectivity index (χ2n) is 3.72. The topological polar surface area (TPSA) is 111 Å². The molecule has 0 spiro atoms. The van der Waals surface area contributed by atoms with Crippen molar-refractivity contribution in [3.8, 4) is 11.8 Å². The molecule has 8 heteroatoms. The van der Waals surface area contributed by atoms with E-state index >= 15 is 0 Å². The molecule has 0 fully saturated rings. The summed E-state index contributed by atoms with van der Waals surface area (Å²) in [6.45, 7) is -1.27. The van der Waals surface area contributed by atoms with E-state index in [9.17, 15) is 8.42 Å². The number of aromatic nitrogens is 1. The Morgan fingerprint density at radius 2 is 1.80 bits per heavy atom. The van der Waals surface area contributed by atoms with Crippen LogP contribution in [0.5, 0.6) is 0 Å². The SMILES string of the molecule is O=S(=O)(c1cncc(C#CCO)c1)N(CCO)CCO. The molecule has 1 heterocycles. The van der Waals surface area contributed by atoms with Gasteiger partial charge in [0.15, 0.2) is 0 Å². The molecule has 0 unspecified atom stereocenters. The van der Waals surface area contributed by atoms with Crippen LogP contribution in [0.3, 0.4) is 0 Å². The van der Waals surface area contributed by atoms with Crippen molar-refractivity contribution in [1.82, 2.24) is 9.29 Å². The number of hydrogen-bond acceptors (Lipinski definition) is 6. The number of aliphatic hydroxyl groups is 3. The van der Waals surface area contributed by atoms with Gasteiger partial charge in [0.25, 0.3) is 0 Å². The molecule has 0 radical (unpaired) electrons. The van der Waals surface area contributed by atoms with Crippen molar-refractivity contribution in [3.05, 3.63) is 24.0 Å². The smallest absolute Gasteiger partial charge is 0.244 e. The molecule has 0 saturated carbocycles. The van der Waals surface area contributed by atoms with Crippen molar-refractivity contribution in [2.45, 2.75) is 4.90 Å². The lowest BCUT2D eigenvalue weighted by atomic mass is 10.3. The summed E-state index contributed by atoms with van der Waals surface area (Å²) in [5.74, 6) is 4.97. The van der Waals surface area contributed by atoms with Crippen LogP contribution in [0.25, 0.3) is 0 Å². The maximum atomic E-state index is 12.3. The van der Waals surface area contributed by atoms with E-state index < -0.39 is 10.0 Å². The summed E-state index contributed by atoms with van der Waals surface area (Å²) in [6.07, 6.45) is 2.55. The number of aliphatic hydroxyl groups excluding tert-OH is 3. The van der Waals surface area contributed by atoms with Crippen LogP contribution >= 0.6 is 0 Å². The van der Waals surface area contributed by atoms with Gasteiger partial charge in [0.2, 0.25) is 10.0 Å². The number of hydrogen-bond donors (Lipinski definition) is 3. The van der Waals surface area contributed by atoms with Crippen LogP contribution in [0.4, 0.5) is 0 Å². The van der Waals surface area contributed by atoms with Gasteiger partial charge in [0.1, 0.15) is 11.5 Å². The van der Waals surface area contributed by atoms with Crippen molar-refractivity contribution in [2.75, 3.05) is 32.9 Å². The highest BCUT2D eigenvalue weighted by atomic mass is 32.2. The first-order valence-electron chi connectivity index (χ1n) is 5.83. The lowest BCUT2D eigenvalue weighted by Crippen LogP contribution is -2.35. The fraction of sp³-hybridized carbons (Fsp3) is 0.417. The average Bonchev–Trinajstić information content (AvgIpc) is 2.45. The van der Waals surface area contributed by atoms with Crippen molar-refractivity contribution in [3.63, 3.8) is 0 Å². The van der Waals surface area contributed by atoms with Crippen LogP contribution in [0.1, 0.15) is 5.56 Å². The monoisotopic (exact) mass is 300 g/mol. The minimum atomic E-state index is -3.85.